The largest absolute Gasteiger partial charge is 0.500 e. The van der Waals surface area contributed by atoms with Crippen LogP contribution in [0.2, 0.25) is 0 Å². The minimum absolute atomic E-state index is 0.132. The Morgan fingerprint density at radius 3 is 2.28 bits per heavy atom. The molecule has 0 atom stereocenters. The van der Waals surface area contributed by atoms with E-state index in [2.05, 4.69) is 5.10 Å². The van der Waals surface area contributed by atoms with Crippen molar-refractivity contribution in [2.75, 3.05) is 7.11 Å². The number of aromatic hydroxyl groups is 1. The van der Waals surface area contributed by atoms with Gasteiger partial charge in [-0.3, -0.25) is 19.7 Å². The molecule has 0 spiro atoms. The smallest absolute Gasteiger partial charge is 0.315 e. The van der Waals surface area contributed by atoms with Crippen LogP contribution in [0, 0.1) is 10.1 Å². The molecule has 0 fully saturated rings. The van der Waals surface area contributed by atoms with Gasteiger partial charge in [-0.05, 0) is 23.6 Å². The van der Waals surface area contributed by atoms with Crippen LogP contribution in [0.1, 0.15) is 26.3 Å². The predicted molar refractivity (Wildman–Crippen MR) is 103 cm³/mol. The molecule has 0 bridgehead atoms. The summed E-state index contributed by atoms with van der Waals surface area (Å²) in [5, 5.41) is 27.0. The molecule has 1 N–H and O–H groups in total. The molecule has 9 heteroatoms. The Hall–Kier alpha value is -4.27. The lowest BCUT2D eigenvalue weighted by molar-refractivity contribution is -0.386. The summed E-state index contributed by atoms with van der Waals surface area (Å²) in [5.74, 6) is -1.96. The lowest BCUT2D eigenvalue weighted by Gasteiger charge is -2.23. The zero-order valence-electron chi connectivity index (χ0n) is 15.0. The lowest BCUT2D eigenvalue weighted by atomic mass is 9.95. The second-order valence-corrected chi connectivity index (χ2v) is 6.22. The number of benzene rings is 3. The van der Waals surface area contributed by atoms with Crippen LogP contribution >= 0.6 is 0 Å². The van der Waals surface area contributed by atoms with Crippen LogP contribution in [0.25, 0.3) is 10.8 Å². The van der Waals surface area contributed by atoms with Gasteiger partial charge in [-0.25, -0.2) is 0 Å². The fourth-order valence-electron chi connectivity index (χ4n) is 3.23. The molecule has 0 saturated heterocycles. The van der Waals surface area contributed by atoms with Gasteiger partial charge in [0, 0.05) is 17.0 Å². The van der Waals surface area contributed by atoms with E-state index in [9.17, 15) is 24.8 Å². The van der Waals surface area contributed by atoms with Crippen molar-refractivity contribution in [1.82, 2.24) is 5.01 Å². The van der Waals surface area contributed by atoms with E-state index in [-0.39, 0.29) is 11.3 Å². The Morgan fingerprint density at radius 1 is 1.10 bits per heavy atom. The first-order valence-electron chi connectivity index (χ1n) is 8.42. The van der Waals surface area contributed by atoms with Crippen LogP contribution in [0.4, 0.5) is 5.69 Å². The quantitative estimate of drug-likeness (QED) is 0.316. The van der Waals surface area contributed by atoms with E-state index in [0.717, 1.165) is 17.7 Å². The van der Waals surface area contributed by atoms with E-state index >= 15 is 0 Å². The van der Waals surface area contributed by atoms with Gasteiger partial charge in [0.15, 0.2) is 5.75 Å². The van der Waals surface area contributed by atoms with E-state index in [0.29, 0.717) is 21.5 Å². The zero-order valence-corrected chi connectivity index (χ0v) is 15.0. The summed E-state index contributed by atoms with van der Waals surface area (Å²) < 4.78 is 4.93. The lowest BCUT2D eigenvalue weighted by Crippen LogP contribution is -2.36. The monoisotopic (exact) mass is 391 g/mol. The number of hydrogen-bond donors (Lipinski definition) is 1. The third-order valence-electron chi connectivity index (χ3n) is 4.57. The molecular weight excluding hydrogens is 378 g/mol. The Labute approximate surface area is 163 Å². The molecule has 1 aliphatic heterocycles. The molecule has 0 unspecified atom stereocenters. The molecule has 29 heavy (non-hydrogen) atoms. The standard InChI is InChI=1S/C20H13N3O6/c1-29-16-9-11(8-15(18(16)24)23(27)28)10-21-22-19(25)13-6-2-4-12-5-3-7-14(17(12)13)20(22)26/h2-10,24H,1H3. The van der Waals surface area contributed by atoms with Crippen molar-refractivity contribution in [2.45, 2.75) is 0 Å². The molecule has 3 aromatic carbocycles. The van der Waals surface area contributed by atoms with E-state index in [1.54, 1.807) is 24.3 Å². The number of phenolic OH excluding ortho intramolecular Hbond substituents is 1. The molecule has 144 valence electrons. The van der Waals surface area contributed by atoms with Crippen molar-refractivity contribution >= 4 is 34.5 Å². The van der Waals surface area contributed by atoms with Crippen molar-refractivity contribution in [1.29, 1.82) is 0 Å². The summed E-state index contributed by atoms with van der Waals surface area (Å²) in [4.78, 5) is 36.0. The molecule has 0 aliphatic carbocycles. The second-order valence-electron chi connectivity index (χ2n) is 6.22. The number of nitro benzene ring substituents is 1. The number of rotatable bonds is 4. The average molecular weight is 391 g/mol. The molecule has 9 nitrogen and oxygen atoms in total. The number of carbonyl (C=O) groups is 2. The molecular formula is C20H13N3O6. The third kappa shape index (κ3) is 2.85. The molecule has 3 aromatic rings. The highest BCUT2D eigenvalue weighted by molar-refractivity contribution is 6.25. The van der Waals surface area contributed by atoms with Crippen LogP contribution in [0.5, 0.6) is 11.5 Å². The fourth-order valence-corrected chi connectivity index (χ4v) is 3.23. The first-order valence-corrected chi connectivity index (χ1v) is 8.42. The second kappa shape index (κ2) is 6.71. The van der Waals surface area contributed by atoms with Gasteiger partial charge in [0.05, 0.1) is 29.4 Å². The van der Waals surface area contributed by atoms with Gasteiger partial charge in [0.25, 0.3) is 11.8 Å². The molecule has 1 heterocycles. The first-order chi connectivity index (χ1) is 13.9. The minimum atomic E-state index is -0.774. The van der Waals surface area contributed by atoms with E-state index in [4.69, 9.17) is 4.74 Å². The topological polar surface area (TPSA) is 122 Å². The Kier molecular flexibility index (Phi) is 4.19. The molecule has 0 radical (unpaired) electrons. The van der Waals surface area contributed by atoms with Crippen LogP contribution in [-0.4, -0.2) is 40.2 Å². The Balaban J connectivity index is 1.77. The fraction of sp³-hybridized carbons (Fsp3) is 0.0500. The molecule has 0 saturated carbocycles. The van der Waals surface area contributed by atoms with Gasteiger partial charge < -0.3 is 9.84 Å². The number of hydrazone groups is 1. The summed E-state index contributed by atoms with van der Waals surface area (Å²) in [6.07, 6.45) is 1.12. The summed E-state index contributed by atoms with van der Waals surface area (Å²) in [7, 11) is 1.25. The van der Waals surface area contributed by atoms with E-state index < -0.39 is 28.2 Å². The van der Waals surface area contributed by atoms with Gasteiger partial charge in [0.2, 0.25) is 5.75 Å². The minimum Gasteiger partial charge on any atom is -0.500 e. The highest BCUT2D eigenvalue weighted by Crippen LogP contribution is 2.36. The van der Waals surface area contributed by atoms with Crippen molar-refractivity contribution in [2.24, 2.45) is 5.10 Å². The number of hydrogen-bond acceptors (Lipinski definition) is 7. The zero-order chi connectivity index (χ0) is 20.7. The van der Waals surface area contributed by atoms with Gasteiger partial charge >= 0.3 is 5.69 Å². The van der Waals surface area contributed by atoms with Gasteiger partial charge in [-0.15, -0.1) is 0 Å². The predicted octanol–water partition coefficient (Wildman–Crippen LogP) is 3.09. The normalized spacial score (nSPS) is 13.3. The maximum atomic E-state index is 12.8. The van der Waals surface area contributed by atoms with Crippen LogP contribution < -0.4 is 4.74 Å². The molecule has 0 aromatic heterocycles. The van der Waals surface area contributed by atoms with Gasteiger partial charge in [-0.2, -0.15) is 10.1 Å². The van der Waals surface area contributed by atoms with Crippen LogP contribution in [0.15, 0.2) is 53.6 Å². The Morgan fingerprint density at radius 2 is 1.72 bits per heavy atom. The highest BCUT2D eigenvalue weighted by Gasteiger charge is 2.32. The number of nitro groups is 1. The van der Waals surface area contributed by atoms with Crippen molar-refractivity contribution in [3.05, 3.63) is 75.3 Å². The third-order valence-corrected chi connectivity index (χ3v) is 4.57. The number of methoxy groups -OCH3 is 1. The number of ether oxygens (including phenoxy) is 1. The number of amides is 2. The molecule has 2 amide bonds. The van der Waals surface area contributed by atoms with Crippen molar-refractivity contribution in [3.8, 4) is 11.5 Å². The number of phenols is 1. The van der Waals surface area contributed by atoms with Crippen LogP contribution in [-0.2, 0) is 0 Å². The van der Waals surface area contributed by atoms with Gasteiger partial charge in [0.1, 0.15) is 0 Å². The van der Waals surface area contributed by atoms with E-state index in [1.807, 2.05) is 12.1 Å². The number of imide groups is 1. The van der Waals surface area contributed by atoms with Crippen LogP contribution in [0.3, 0.4) is 0 Å². The summed E-state index contributed by atoms with van der Waals surface area (Å²) in [5.41, 5.74) is 0.259. The Bertz CT molecular complexity index is 1180. The van der Waals surface area contributed by atoms with Crippen molar-refractivity contribution < 1.29 is 24.4 Å². The number of carbonyl (C=O) groups excluding carboxylic acids is 2. The average Bonchev–Trinajstić information content (AvgIpc) is 2.72. The SMILES string of the molecule is COc1cc(C=NN2C(=O)c3cccc4cccc(c34)C2=O)cc([N+](=O)[O-])c1O. The summed E-state index contributed by atoms with van der Waals surface area (Å²) in [6, 6.07) is 12.6. The van der Waals surface area contributed by atoms with E-state index in [1.165, 1.54) is 13.2 Å². The number of nitrogens with zero attached hydrogens (tertiary/aromatic N) is 3. The van der Waals surface area contributed by atoms with Crippen molar-refractivity contribution in [3.63, 3.8) is 0 Å². The van der Waals surface area contributed by atoms with Gasteiger partial charge in [-0.1, -0.05) is 24.3 Å². The molecule has 1 aliphatic rings. The molecule has 4 rings (SSSR count). The maximum absolute atomic E-state index is 12.8. The maximum Gasteiger partial charge on any atom is 0.315 e. The summed E-state index contributed by atoms with van der Waals surface area (Å²) >= 11 is 0. The highest BCUT2D eigenvalue weighted by atomic mass is 16.6. The first kappa shape index (κ1) is 18.1. The summed E-state index contributed by atoms with van der Waals surface area (Å²) in [6.45, 7) is 0.